The van der Waals surface area contributed by atoms with Crippen LogP contribution in [-0.4, -0.2) is 35.5 Å². The van der Waals surface area contributed by atoms with Crippen LogP contribution < -0.4 is 9.64 Å². The lowest BCUT2D eigenvalue weighted by molar-refractivity contribution is -0.140. The van der Waals surface area contributed by atoms with Gasteiger partial charge < -0.3 is 14.4 Å². The van der Waals surface area contributed by atoms with E-state index in [1.54, 1.807) is 30.3 Å². The SMILES string of the molecule is CCc1ccc(N2C(=O)/C(=C/c3cc(Br)c(OCc4cccc(F)c4)c(Br)c3)N(CC(=O)OC)C2=S)cc1. The molecule has 1 amide bonds. The van der Waals surface area contributed by atoms with Crippen LogP contribution in [0.3, 0.4) is 0 Å². The fourth-order valence-corrected chi connectivity index (χ4v) is 5.68. The second-order valence-electron chi connectivity index (χ2n) is 8.37. The molecule has 0 N–H and O–H groups in total. The molecule has 196 valence electrons. The molecule has 3 aromatic carbocycles. The first-order valence-electron chi connectivity index (χ1n) is 11.6. The zero-order valence-electron chi connectivity index (χ0n) is 20.5. The Morgan fingerprint density at radius 3 is 2.34 bits per heavy atom. The van der Waals surface area contributed by atoms with Gasteiger partial charge in [-0.15, -0.1) is 0 Å². The Hall–Kier alpha value is -3.08. The lowest BCUT2D eigenvalue weighted by Crippen LogP contribution is -2.35. The minimum atomic E-state index is -0.530. The maximum atomic E-state index is 13.6. The van der Waals surface area contributed by atoms with Gasteiger partial charge in [0.2, 0.25) is 0 Å². The monoisotopic (exact) mass is 660 g/mol. The highest BCUT2D eigenvalue weighted by Crippen LogP contribution is 2.37. The number of anilines is 1. The van der Waals surface area contributed by atoms with Gasteiger partial charge in [0.05, 0.1) is 21.7 Å². The van der Waals surface area contributed by atoms with Crippen LogP contribution in [0.15, 0.2) is 75.3 Å². The fraction of sp³-hybridized carbons (Fsp3) is 0.179. The third-order valence-electron chi connectivity index (χ3n) is 5.85. The van der Waals surface area contributed by atoms with Crippen LogP contribution in [0, 0.1) is 5.82 Å². The molecule has 0 aromatic heterocycles. The van der Waals surface area contributed by atoms with Crippen molar-refractivity contribution in [3.63, 3.8) is 0 Å². The van der Waals surface area contributed by atoms with Gasteiger partial charge in [0, 0.05) is 0 Å². The Labute approximate surface area is 242 Å². The van der Waals surface area contributed by atoms with Crippen LogP contribution in [-0.2, 0) is 27.4 Å². The average Bonchev–Trinajstić information content (AvgIpc) is 3.12. The number of esters is 1. The largest absolute Gasteiger partial charge is 0.487 e. The molecule has 4 rings (SSSR count). The van der Waals surface area contributed by atoms with Gasteiger partial charge in [-0.05, 0) is 110 Å². The molecule has 6 nitrogen and oxygen atoms in total. The van der Waals surface area contributed by atoms with Crippen LogP contribution in [0.1, 0.15) is 23.6 Å². The van der Waals surface area contributed by atoms with E-state index < -0.39 is 5.97 Å². The van der Waals surface area contributed by atoms with E-state index in [1.807, 2.05) is 31.2 Å². The number of halogens is 3. The van der Waals surface area contributed by atoms with Crippen LogP contribution in [0.25, 0.3) is 6.08 Å². The van der Waals surface area contributed by atoms with Crippen LogP contribution in [0.4, 0.5) is 10.1 Å². The molecule has 1 aliphatic heterocycles. The molecule has 38 heavy (non-hydrogen) atoms. The molecule has 0 radical (unpaired) electrons. The van der Waals surface area contributed by atoms with Gasteiger partial charge in [0.15, 0.2) is 5.11 Å². The van der Waals surface area contributed by atoms with E-state index in [4.69, 9.17) is 21.7 Å². The zero-order valence-corrected chi connectivity index (χ0v) is 24.5. The number of rotatable bonds is 8. The number of benzene rings is 3. The maximum Gasteiger partial charge on any atom is 0.325 e. The summed E-state index contributed by atoms with van der Waals surface area (Å²) in [5.74, 6) is -0.703. The number of ether oxygens (including phenoxy) is 2. The van der Waals surface area contributed by atoms with E-state index in [-0.39, 0.29) is 35.7 Å². The van der Waals surface area contributed by atoms with Gasteiger partial charge in [-0.1, -0.05) is 31.2 Å². The van der Waals surface area contributed by atoms with Crippen molar-refractivity contribution >= 4 is 72.8 Å². The number of thiocarbonyl (C=S) groups is 1. The van der Waals surface area contributed by atoms with Crippen molar-refractivity contribution in [3.8, 4) is 5.75 Å². The van der Waals surface area contributed by atoms with Gasteiger partial charge >= 0.3 is 5.97 Å². The molecule has 1 saturated heterocycles. The molecule has 0 spiro atoms. The maximum absolute atomic E-state index is 13.6. The van der Waals surface area contributed by atoms with Crippen molar-refractivity contribution < 1.29 is 23.5 Å². The lowest BCUT2D eigenvalue weighted by Gasteiger charge is -2.19. The van der Waals surface area contributed by atoms with E-state index in [0.717, 1.165) is 12.0 Å². The Balaban J connectivity index is 1.65. The summed E-state index contributed by atoms with van der Waals surface area (Å²) in [4.78, 5) is 28.6. The predicted molar refractivity (Wildman–Crippen MR) is 155 cm³/mol. The first-order valence-corrected chi connectivity index (χ1v) is 13.6. The average molecular weight is 662 g/mol. The van der Waals surface area contributed by atoms with Crippen LogP contribution in [0.5, 0.6) is 5.75 Å². The summed E-state index contributed by atoms with van der Waals surface area (Å²) in [6, 6.07) is 17.3. The quantitative estimate of drug-likeness (QED) is 0.153. The smallest absolute Gasteiger partial charge is 0.325 e. The third kappa shape index (κ3) is 6.14. The highest BCUT2D eigenvalue weighted by molar-refractivity contribution is 9.11. The van der Waals surface area contributed by atoms with Gasteiger partial charge in [0.25, 0.3) is 5.91 Å². The topological polar surface area (TPSA) is 59.1 Å². The third-order valence-corrected chi connectivity index (χ3v) is 7.43. The number of nitrogens with zero attached hydrogens (tertiary/aromatic N) is 2. The number of amides is 1. The van der Waals surface area contributed by atoms with Crippen molar-refractivity contribution in [2.75, 3.05) is 18.6 Å². The Kier molecular flexibility index (Phi) is 8.96. The molecule has 1 aliphatic rings. The van der Waals surface area contributed by atoms with E-state index in [0.29, 0.717) is 31.5 Å². The Morgan fingerprint density at radius 2 is 1.74 bits per heavy atom. The fourth-order valence-electron chi connectivity index (χ4n) is 3.88. The number of aryl methyl sites for hydroxylation is 1. The van der Waals surface area contributed by atoms with E-state index in [9.17, 15) is 14.0 Å². The highest BCUT2D eigenvalue weighted by atomic mass is 79.9. The molecular weight excluding hydrogens is 639 g/mol. The lowest BCUT2D eigenvalue weighted by atomic mass is 10.1. The summed E-state index contributed by atoms with van der Waals surface area (Å²) in [7, 11) is 1.28. The van der Waals surface area contributed by atoms with Crippen molar-refractivity contribution in [3.05, 3.63) is 97.8 Å². The molecule has 1 fully saturated rings. The minimum Gasteiger partial charge on any atom is -0.487 e. The summed E-state index contributed by atoms with van der Waals surface area (Å²) < 4.78 is 25.5. The van der Waals surface area contributed by atoms with E-state index in [2.05, 4.69) is 31.9 Å². The number of hydrogen-bond donors (Lipinski definition) is 0. The first kappa shape index (κ1) is 27.9. The van der Waals surface area contributed by atoms with Crippen LogP contribution in [0.2, 0.25) is 0 Å². The Bertz CT molecular complexity index is 1410. The zero-order chi connectivity index (χ0) is 27.4. The number of carbonyl (C=O) groups excluding carboxylic acids is 2. The molecule has 0 aliphatic carbocycles. The summed E-state index contributed by atoms with van der Waals surface area (Å²) in [5, 5.41) is 0.184. The number of hydrogen-bond acceptors (Lipinski definition) is 5. The molecule has 0 bridgehead atoms. The highest BCUT2D eigenvalue weighted by Gasteiger charge is 2.40. The van der Waals surface area contributed by atoms with Crippen molar-refractivity contribution in [2.45, 2.75) is 20.0 Å². The van der Waals surface area contributed by atoms with Crippen molar-refractivity contribution in [1.29, 1.82) is 0 Å². The molecule has 1 heterocycles. The summed E-state index contributed by atoms with van der Waals surface area (Å²) >= 11 is 12.7. The first-order chi connectivity index (χ1) is 18.2. The standard InChI is InChI=1S/C28H23Br2FN2O4S/c1-3-17-7-9-21(10-8-17)33-27(35)24(32(28(33)38)15-25(34)36-2)14-19-12-22(29)26(23(30)13-19)37-16-18-5-4-6-20(31)11-18/h4-14H,3,15-16H2,1-2H3/b24-14-. The second-order valence-corrected chi connectivity index (χ2v) is 10.4. The van der Waals surface area contributed by atoms with Gasteiger partial charge in [-0.3, -0.25) is 14.5 Å². The molecule has 10 heteroatoms. The van der Waals surface area contributed by atoms with Gasteiger partial charge in [-0.2, -0.15) is 0 Å². The normalized spacial score (nSPS) is 14.4. The van der Waals surface area contributed by atoms with Gasteiger partial charge in [0.1, 0.15) is 30.4 Å². The van der Waals surface area contributed by atoms with Gasteiger partial charge in [-0.25, -0.2) is 4.39 Å². The molecular formula is C28H23Br2FN2O4S. The summed E-state index contributed by atoms with van der Waals surface area (Å²) in [5.41, 5.74) is 3.31. The second kappa shape index (κ2) is 12.2. The van der Waals surface area contributed by atoms with Crippen molar-refractivity contribution in [2.24, 2.45) is 0 Å². The van der Waals surface area contributed by atoms with Crippen molar-refractivity contribution in [1.82, 2.24) is 4.90 Å². The number of carbonyl (C=O) groups is 2. The molecule has 3 aromatic rings. The van der Waals surface area contributed by atoms with E-state index in [1.165, 1.54) is 29.0 Å². The van der Waals surface area contributed by atoms with E-state index >= 15 is 0 Å². The molecule has 0 saturated carbocycles. The molecule has 0 atom stereocenters. The van der Waals surface area contributed by atoms with Crippen LogP contribution >= 0.6 is 44.1 Å². The molecule has 0 unspecified atom stereocenters. The Morgan fingerprint density at radius 1 is 1.05 bits per heavy atom. The minimum absolute atomic E-state index is 0.168. The summed E-state index contributed by atoms with van der Waals surface area (Å²) in [6.07, 6.45) is 2.52. The summed E-state index contributed by atoms with van der Waals surface area (Å²) in [6.45, 7) is 2.00. The number of methoxy groups -OCH3 is 1. The predicted octanol–water partition coefficient (Wildman–Crippen LogP) is 6.64.